The third-order valence-corrected chi connectivity index (χ3v) is 4.72. The van der Waals surface area contributed by atoms with Crippen molar-refractivity contribution in [1.82, 2.24) is 10.2 Å². The van der Waals surface area contributed by atoms with Crippen LogP contribution in [0, 0.1) is 6.92 Å². The highest BCUT2D eigenvalue weighted by Gasteiger charge is 2.22. The minimum atomic E-state index is 0.320. The number of hydrogen-bond donors (Lipinski definition) is 1. The van der Waals surface area contributed by atoms with Gasteiger partial charge in [0.1, 0.15) is 5.75 Å². The molecule has 0 aliphatic carbocycles. The molecule has 3 nitrogen and oxygen atoms in total. The molecule has 2 rings (SSSR count). The van der Waals surface area contributed by atoms with Gasteiger partial charge >= 0.3 is 0 Å². The number of aryl methyl sites for hydroxylation is 1. The molecule has 1 aromatic rings. The lowest BCUT2D eigenvalue weighted by Crippen LogP contribution is -2.39. The molecule has 21 heavy (non-hydrogen) atoms. The monoisotopic (exact) mass is 290 g/mol. The molecule has 1 saturated heterocycles. The summed E-state index contributed by atoms with van der Waals surface area (Å²) in [6, 6.07) is 7.45. The quantitative estimate of drug-likeness (QED) is 0.898. The summed E-state index contributed by atoms with van der Waals surface area (Å²) in [5.41, 5.74) is 2.56. The Morgan fingerprint density at radius 2 is 2.14 bits per heavy atom. The molecule has 1 heterocycles. The fourth-order valence-corrected chi connectivity index (χ4v) is 3.31. The van der Waals surface area contributed by atoms with Gasteiger partial charge in [-0.1, -0.05) is 30.5 Å². The first-order chi connectivity index (χ1) is 10.2. The minimum Gasteiger partial charge on any atom is -0.496 e. The Morgan fingerprint density at radius 1 is 1.33 bits per heavy atom. The summed E-state index contributed by atoms with van der Waals surface area (Å²) in [7, 11) is 3.81. The molecule has 0 saturated carbocycles. The number of rotatable bonds is 5. The molecule has 0 radical (unpaired) electrons. The highest BCUT2D eigenvalue weighted by atomic mass is 16.5. The number of benzene rings is 1. The summed E-state index contributed by atoms with van der Waals surface area (Å²) in [4.78, 5) is 2.63. The van der Waals surface area contributed by atoms with Gasteiger partial charge in [0, 0.05) is 24.2 Å². The zero-order valence-corrected chi connectivity index (χ0v) is 14.0. The van der Waals surface area contributed by atoms with Crippen molar-refractivity contribution in [2.75, 3.05) is 27.2 Å². The first-order valence-electron chi connectivity index (χ1n) is 8.21. The maximum Gasteiger partial charge on any atom is 0.123 e. The molecule has 1 N–H and O–H groups in total. The second-order valence-corrected chi connectivity index (χ2v) is 6.28. The van der Waals surface area contributed by atoms with Gasteiger partial charge in [-0.3, -0.25) is 4.90 Å². The van der Waals surface area contributed by atoms with Crippen molar-refractivity contribution in [1.29, 1.82) is 0 Å². The third-order valence-electron chi connectivity index (χ3n) is 4.72. The summed E-state index contributed by atoms with van der Waals surface area (Å²) in [6.07, 6.45) is 5.39. The summed E-state index contributed by atoms with van der Waals surface area (Å²) in [5.74, 6) is 0.988. The van der Waals surface area contributed by atoms with Gasteiger partial charge in [-0.25, -0.2) is 0 Å². The second kappa shape index (κ2) is 7.81. The zero-order chi connectivity index (χ0) is 15.2. The third kappa shape index (κ3) is 4.21. The van der Waals surface area contributed by atoms with Crippen LogP contribution in [0.25, 0.3) is 0 Å². The van der Waals surface area contributed by atoms with Crippen molar-refractivity contribution in [3.8, 4) is 5.75 Å². The van der Waals surface area contributed by atoms with Crippen LogP contribution in [0.5, 0.6) is 5.75 Å². The molecule has 0 spiro atoms. The van der Waals surface area contributed by atoms with E-state index in [9.17, 15) is 0 Å². The smallest absolute Gasteiger partial charge is 0.123 e. The van der Waals surface area contributed by atoms with Crippen molar-refractivity contribution in [3.05, 3.63) is 29.3 Å². The predicted octanol–water partition coefficient (Wildman–Crippen LogP) is 3.53. The van der Waals surface area contributed by atoms with E-state index in [-0.39, 0.29) is 0 Å². The lowest BCUT2D eigenvalue weighted by atomic mass is 10.0. The Kier molecular flexibility index (Phi) is 6.07. The lowest BCUT2D eigenvalue weighted by Gasteiger charge is -2.31. The first-order valence-corrected chi connectivity index (χ1v) is 8.21. The molecular weight excluding hydrogens is 260 g/mol. The SMILES string of the molecule is CNC(CN1CCCCCC1C)c1cc(C)ccc1OC. The molecule has 118 valence electrons. The Balaban J connectivity index is 2.17. The average molecular weight is 290 g/mol. The van der Waals surface area contributed by atoms with Gasteiger partial charge in [0.25, 0.3) is 0 Å². The van der Waals surface area contributed by atoms with E-state index in [1.807, 2.05) is 0 Å². The predicted molar refractivity (Wildman–Crippen MR) is 89.0 cm³/mol. The molecule has 1 aromatic carbocycles. The minimum absolute atomic E-state index is 0.320. The molecular formula is C18H30N2O. The topological polar surface area (TPSA) is 24.5 Å². The number of hydrogen-bond acceptors (Lipinski definition) is 3. The van der Waals surface area contributed by atoms with Crippen LogP contribution in [0.15, 0.2) is 18.2 Å². The molecule has 0 bridgehead atoms. The van der Waals surface area contributed by atoms with E-state index in [1.54, 1.807) is 7.11 Å². The van der Waals surface area contributed by atoms with Gasteiger partial charge in [0.05, 0.1) is 7.11 Å². The van der Waals surface area contributed by atoms with Gasteiger partial charge in [-0.05, 0) is 46.3 Å². The normalized spacial score (nSPS) is 21.8. The van der Waals surface area contributed by atoms with E-state index in [4.69, 9.17) is 4.74 Å². The van der Waals surface area contributed by atoms with Crippen LogP contribution in [-0.2, 0) is 0 Å². The molecule has 0 amide bonds. The first kappa shape index (κ1) is 16.3. The van der Waals surface area contributed by atoms with Crippen LogP contribution in [0.1, 0.15) is 49.8 Å². The van der Waals surface area contributed by atoms with Crippen molar-refractivity contribution in [2.24, 2.45) is 0 Å². The van der Waals surface area contributed by atoms with Crippen molar-refractivity contribution in [3.63, 3.8) is 0 Å². The lowest BCUT2D eigenvalue weighted by molar-refractivity contribution is 0.192. The second-order valence-electron chi connectivity index (χ2n) is 6.28. The van der Waals surface area contributed by atoms with Crippen molar-refractivity contribution >= 4 is 0 Å². The highest BCUT2D eigenvalue weighted by molar-refractivity contribution is 5.39. The number of methoxy groups -OCH3 is 1. The standard InChI is InChI=1S/C18H30N2O/c1-14-9-10-18(21-4)16(12-14)17(19-3)13-20-11-7-5-6-8-15(20)2/h9-10,12,15,17,19H,5-8,11,13H2,1-4H3. The molecule has 1 aliphatic rings. The van der Waals surface area contributed by atoms with E-state index >= 15 is 0 Å². The zero-order valence-electron chi connectivity index (χ0n) is 14.0. The van der Waals surface area contributed by atoms with Gasteiger partial charge in [-0.15, -0.1) is 0 Å². The Morgan fingerprint density at radius 3 is 2.86 bits per heavy atom. The summed E-state index contributed by atoms with van der Waals surface area (Å²) >= 11 is 0. The fraction of sp³-hybridized carbons (Fsp3) is 0.667. The van der Waals surface area contributed by atoms with E-state index in [0.29, 0.717) is 12.1 Å². The number of nitrogens with one attached hydrogen (secondary N) is 1. The Bertz CT molecular complexity index is 447. The average Bonchev–Trinajstić information content (AvgIpc) is 2.69. The fourth-order valence-electron chi connectivity index (χ4n) is 3.31. The Labute approximate surface area is 129 Å². The van der Waals surface area contributed by atoms with Gasteiger partial charge in [0.2, 0.25) is 0 Å². The maximum atomic E-state index is 5.57. The van der Waals surface area contributed by atoms with Gasteiger partial charge in [0.15, 0.2) is 0 Å². The molecule has 1 fully saturated rings. The molecule has 3 heteroatoms. The van der Waals surface area contributed by atoms with E-state index in [1.165, 1.54) is 43.4 Å². The highest BCUT2D eigenvalue weighted by Crippen LogP contribution is 2.28. The number of likely N-dealkylation sites (tertiary alicyclic amines) is 1. The number of ether oxygens (including phenoxy) is 1. The molecule has 2 atom stereocenters. The summed E-state index contributed by atoms with van der Waals surface area (Å²) in [6.45, 7) is 6.78. The van der Waals surface area contributed by atoms with Crippen LogP contribution in [0.2, 0.25) is 0 Å². The molecule has 2 unspecified atom stereocenters. The van der Waals surface area contributed by atoms with Crippen LogP contribution in [0.3, 0.4) is 0 Å². The van der Waals surface area contributed by atoms with Crippen molar-refractivity contribution in [2.45, 2.75) is 51.6 Å². The van der Waals surface area contributed by atoms with Crippen molar-refractivity contribution < 1.29 is 4.74 Å². The van der Waals surface area contributed by atoms with Crippen LogP contribution < -0.4 is 10.1 Å². The van der Waals surface area contributed by atoms with E-state index in [2.05, 4.69) is 49.3 Å². The van der Waals surface area contributed by atoms with Crippen LogP contribution in [-0.4, -0.2) is 38.2 Å². The molecule has 0 aromatic heterocycles. The summed E-state index contributed by atoms with van der Waals surface area (Å²) in [5, 5.41) is 3.49. The molecule has 1 aliphatic heterocycles. The number of nitrogens with zero attached hydrogens (tertiary/aromatic N) is 1. The van der Waals surface area contributed by atoms with Crippen LogP contribution >= 0.6 is 0 Å². The van der Waals surface area contributed by atoms with Gasteiger partial charge < -0.3 is 10.1 Å². The Hall–Kier alpha value is -1.06. The van der Waals surface area contributed by atoms with E-state index < -0.39 is 0 Å². The summed E-state index contributed by atoms with van der Waals surface area (Å²) < 4.78 is 5.57. The number of likely N-dealkylation sites (N-methyl/N-ethyl adjacent to an activating group) is 1. The van der Waals surface area contributed by atoms with E-state index in [0.717, 1.165) is 12.3 Å². The maximum absolute atomic E-state index is 5.57. The van der Waals surface area contributed by atoms with Gasteiger partial charge in [-0.2, -0.15) is 0 Å². The largest absolute Gasteiger partial charge is 0.496 e. The van der Waals surface area contributed by atoms with Crippen LogP contribution in [0.4, 0.5) is 0 Å².